The highest BCUT2D eigenvalue weighted by Gasteiger charge is 2.34. The molecule has 6 nitrogen and oxygen atoms in total. The van der Waals surface area contributed by atoms with E-state index >= 15 is 0 Å². The maximum Gasteiger partial charge on any atom is 0.406 e. The van der Waals surface area contributed by atoms with E-state index in [1.165, 1.54) is 6.92 Å². The zero-order valence-corrected chi connectivity index (χ0v) is 11.3. The van der Waals surface area contributed by atoms with Gasteiger partial charge in [0.15, 0.2) is 5.69 Å². The van der Waals surface area contributed by atoms with Gasteiger partial charge >= 0.3 is 6.18 Å². The molecule has 1 rings (SSSR count). The summed E-state index contributed by atoms with van der Waals surface area (Å²) in [5.74, 6) is -1.19. The van der Waals surface area contributed by atoms with Gasteiger partial charge < -0.3 is 4.90 Å². The monoisotopic (exact) mass is 319 g/mol. The van der Waals surface area contributed by atoms with Crippen molar-refractivity contribution in [3.05, 3.63) is 11.4 Å². The highest BCUT2D eigenvalue weighted by atomic mass is 35.7. The summed E-state index contributed by atoms with van der Waals surface area (Å²) in [6, 6.07) is 0. The molecule has 0 fully saturated rings. The van der Waals surface area contributed by atoms with Crippen molar-refractivity contribution in [3.63, 3.8) is 0 Å². The number of rotatable bonds is 3. The minimum Gasteiger partial charge on any atom is -0.331 e. The molecule has 1 heterocycles. The van der Waals surface area contributed by atoms with Gasteiger partial charge in [0, 0.05) is 17.7 Å². The van der Waals surface area contributed by atoms with Gasteiger partial charge in [-0.3, -0.25) is 9.89 Å². The van der Waals surface area contributed by atoms with Gasteiger partial charge in [-0.25, -0.2) is 8.42 Å². The molecule has 0 saturated heterocycles. The van der Waals surface area contributed by atoms with Crippen LogP contribution in [0.3, 0.4) is 0 Å². The number of carbonyl (C=O) groups is 1. The summed E-state index contributed by atoms with van der Waals surface area (Å²) in [4.78, 5) is 11.4. The van der Waals surface area contributed by atoms with Crippen LogP contribution in [0.15, 0.2) is 4.90 Å². The number of alkyl halides is 3. The largest absolute Gasteiger partial charge is 0.406 e. The summed E-state index contributed by atoms with van der Waals surface area (Å²) in [6.07, 6.45) is -4.60. The summed E-state index contributed by atoms with van der Waals surface area (Å²) in [5.41, 5.74) is -0.696. The van der Waals surface area contributed by atoms with Crippen molar-refractivity contribution in [2.45, 2.75) is 18.0 Å². The molecule has 0 saturated carbocycles. The molecule has 1 amide bonds. The lowest BCUT2D eigenvalue weighted by molar-refractivity contribution is -0.138. The zero-order chi connectivity index (χ0) is 15.0. The van der Waals surface area contributed by atoms with E-state index in [0.29, 0.717) is 4.90 Å². The van der Waals surface area contributed by atoms with Crippen LogP contribution in [0, 0.1) is 6.92 Å². The Hall–Kier alpha value is -1.29. The Morgan fingerprint density at radius 3 is 2.42 bits per heavy atom. The summed E-state index contributed by atoms with van der Waals surface area (Å²) in [7, 11) is 1.70. The highest BCUT2D eigenvalue weighted by molar-refractivity contribution is 8.13. The summed E-state index contributed by atoms with van der Waals surface area (Å²) < 4.78 is 59.0. The molecule has 0 aromatic carbocycles. The molecule has 0 spiro atoms. The lowest BCUT2D eigenvalue weighted by Crippen LogP contribution is -2.36. The van der Waals surface area contributed by atoms with Crippen molar-refractivity contribution < 1.29 is 26.4 Å². The smallest absolute Gasteiger partial charge is 0.331 e. The molecule has 0 unspecified atom stereocenters. The molecule has 1 aromatic rings. The summed E-state index contributed by atoms with van der Waals surface area (Å²) in [6.45, 7) is -0.248. The first-order valence-electron chi connectivity index (χ1n) is 4.75. The Bertz CT molecular complexity index is 596. The maximum absolute atomic E-state index is 12.2. The van der Waals surface area contributed by atoms with Crippen LogP contribution in [0.1, 0.15) is 16.2 Å². The second kappa shape index (κ2) is 5.00. The van der Waals surface area contributed by atoms with Crippen LogP contribution >= 0.6 is 10.7 Å². The molecule has 108 valence electrons. The number of aryl methyl sites for hydroxylation is 1. The molecule has 0 aliphatic heterocycles. The first-order chi connectivity index (χ1) is 8.43. The van der Waals surface area contributed by atoms with E-state index in [0.717, 1.165) is 7.05 Å². The van der Waals surface area contributed by atoms with Gasteiger partial charge in [0.2, 0.25) is 0 Å². The number of halogens is 4. The topological polar surface area (TPSA) is 83.1 Å². The maximum atomic E-state index is 12.2. The van der Waals surface area contributed by atoms with Gasteiger partial charge in [-0.15, -0.1) is 0 Å². The number of nitrogens with one attached hydrogen (secondary N) is 1. The molecule has 19 heavy (non-hydrogen) atoms. The molecule has 0 aliphatic carbocycles. The van der Waals surface area contributed by atoms with E-state index in [1.807, 2.05) is 0 Å². The van der Waals surface area contributed by atoms with E-state index in [9.17, 15) is 26.4 Å². The third-order valence-corrected chi connectivity index (χ3v) is 3.55. The molecule has 1 N–H and O–H groups in total. The number of aromatic amines is 1. The van der Waals surface area contributed by atoms with E-state index < -0.39 is 38.3 Å². The fourth-order valence-electron chi connectivity index (χ4n) is 1.38. The number of nitrogens with zero attached hydrogens (tertiary/aromatic N) is 2. The second-order valence-corrected chi connectivity index (χ2v) is 6.24. The van der Waals surface area contributed by atoms with Gasteiger partial charge in [0.05, 0.1) is 5.69 Å². The first-order valence-corrected chi connectivity index (χ1v) is 7.06. The van der Waals surface area contributed by atoms with Crippen LogP contribution in [0.5, 0.6) is 0 Å². The molecular formula is C8H9ClF3N3O3S. The molecule has 0 atom stereocenters. The van der Waals surface area contributed by atoms with E-state index in [-0.39, 0.29) is 5.69 Å². The standard InChI is InChI=1S/C8H9ClF3N3O3S/c1-4-6(19(9,17)18)5(14-13-4)7(16)15(2)3-8(10,11)12/h3H2,1-2H3,(H,13,14). The average molecular weight is 320 g/mol. The minimum atomic E-state index is -4.60. The van der Waals surface area contributed by atoms with Crippen LogP contribution < -0.4 is 0 Å². The van der Waals surface area contributed by atoms with Crippen molar-refractivity contribution in [1.29, 1.82) is 0 Å². The molecule has 0 aliphatic rings. The van der Waals surface area contributed by atoms with Gasteiger partial charge in [0.25, 0.3) is 15.0 Å². The lowest BCUT2D eigenvalue weighted by atomic mass is 10.3. The number of carbonyl (C=O) groups excluding carboxylic acids is 1. The quantitative estimate of drug-likeness (QED) is 0.851. The number of hydrogen-bond donors (Lipinski definition) is 1. The van der Waals surface area contributed by atoms with Crippen molar-refractivity contribution in [3.8, 4) is 0 Å². The van der Waals surface area contributed by atoms with Gasteiger partial charge in [-0.05, 0) is 6.92 Å². The fourth-order valence-corrected chi connectivity index (χ4v) is 2.73. The Kier molecular flexibility index (Phi) is 4.15. The summed E-state index contributed by atoms with van der Waals surface area (Å²) >= 11 is 0. The molecular weight excluding hydrogens is 311 g/mol. The van der Waals surface area contributed by atoms with Gasteiger partial charge in [-0.2, -0.15) is 18.3 Å². The molecule has 11 heteroatoms. The Morgan fingerprint density at radius 1 is 1.47 bits per heavy atom. The first kappa shape index (κ1) is 15.8. The van der Waals surface area contributed by atoms with Crippen LogP contribution in [0.25, 0.3) is 0 Å². The number of aromatic nitrogens is 2. The predicted molar refractivity (Wildman–Crippen MR) is 59.4 cm³/mol. The van der Waals surface area contributed by atoms with Gasteiger partial charge in [-0.1, -0.05) is 0 Å². The normalized spacial score (nSPS) is 12.5. The van der Waals surface area contributed by atoms with E-state index in [2.05, 4.69) is 10.2 Å². The molecule has 0 radical (unpaired) electrons. The van der Waals surface area contributed by atoms with Crippen LogP contribution in [-0.4, -0.2) is 49.2 Å². The van der Waals surface area contributed by atoms with Crippen molar-refractivity contribution in [2.24, 2.45) is 0 Å². The summed E-state index contributed by atoms with van der Waals surface area (Å²) in [5, 5.41) is 5.59. The molecule has 1 aromatic heterocycles. The highest BCUT2D eigenvalue weighted by Crippen LogP contribution is 2.24. The van der Waals surface area contributed by atoms with Crippen molar-refractivity contribution in [1.82, 2.24) is 15.1 Å². The van der Waals surface area contributed by atoms with Crippen LogP contribution in [-0.2, 0) is 9.05 Å². The Morgan fingerprint density at radius 2 is 2.00 bits per heavy atom. The number of amides is 1. The number of H-pyrrole nitrogens is 1. The van der Waals surface area contributed by atoms with Gasteiger partial charge in [0.1, 0.15) is 11.4 Å². The zero-order valence-electron chi connectivity index (χ0n) is 9.75. The number of hydrogen-bond acceptors (Lipinski definition) is 4. The lowest BCUT2D eigenvalue weighted by Gasteiger charge is -2.18. The molecule has 0 bridgehead atoms. The van der Waals surface area contributed by atoms with Crippen LogP contribution in [0.2, 0.25) is 0 Å². The average Bonchev–Trinajstić information content (AvgIpc) is 2.55. The third-order valence-electron chi connectivity index (χ3n) is 2.10. The van der Waals surface area contributed by atoms with Crippen molar-refractivity contribution >= 4 is 25.6 Å². The van der Waals surface area contributed by atoms with Crippen molar-refractivity contribution in [2.75, 3.05) is 13.6 Å². The SMILES string of the molecule is Cc1[nH]nc(C(=O)N(C)CC(F)(F)F)c1S(=O)(=O)Cl. The van der Waals surface area contributed by atoms with E-state index in [4.69, 9.17) is 10.7 Å². The second-order valence-electron chi connectivity index (χ2n) is 3.74. The van der Waals surface area contributed by atoms with E-state index in [1.54, 1.807) is 0 Å². The van der Waals surface area contributed by atoms with Crippen LogP contribution in [0.4, 0.5) is 13.2 Å². The Labute approximate surface area is 111 Å². The third kappa shape index (κ3) is 3.83. The minimum absolute atomic E-state index is 0.0289. The Balaban J connectivity index is 3.15. The predicted octanol–water partition coefficient (Wildman–Crippen LogP) is 1.28. The fraction of sp³-hybridized carbons (Fsp3) is 0.500.